The van der Waals surface area contributed by atoms with Gasteiger partial charge >= 0.3 is 0 Å². The number of carbonyl (C=O) groups is 1. The van der Waals surface area contributed by atoms with Gasteiger partial charge in [0.2, 0.25) is 0 Å². The molecule has 2 rings (SSSR count). The first kappa shape index (κ1) is 17.3. The molecule has 0 aliphatic heterocycles. The van der Waals surface area contributed by atoms with Crippen molar-refractivity contribution in [2.45, 2.75) is 40.5 Å². The summed E-state index contributed by atoms with van der Waals surface area (Å²) in [6.45, 7) is 8.72. The van der Waals surface area contributed by atoms with Gasteiger partial charge in [-0.1, -0.05) is 39.8 Å². The van der Waals surface area contributed by atoms with E-state index in [-0.39, 0.29) is 17.0 Å². The van der Waals surface area contributed by atoms with Gasteiger partial charge < -0.3 is 9.84 Å². The summed E-state index contributed by atoms with van der Waals surface area (Å²) in [4.78, 5) is 16.6. The Bertz CT molecular complexity index is 642. The molecule has 1 aliphatic rings. The lowest BCUT2D eigenvalue weighted by atomic mass is 9.77. The first-order valence-corrected chi connectivity index (χ1v) is 8.00. The van der Waals surface area contributed by atoms with E-state index in [9.17, 15) is 9.90 Å². The number of allylic oxidation sites excluding steroid dienone is 2. The van der Waals surface area contributed by atoms with Crippen LogP contribution in [0, 0.1) is 11.3 Å². The molecule has 4 heteroatoms. The maximum atomic E-state index is 12.2. The minimum atomic E-state index is -0.198. The maximum absolute atomic E-state index is 12.2. The summed E-state index contributed by atoms with van der Waals surface area (Å²) < 4.78 is 5.75. The fraction of sp³-hybridized carbons (Fsp3) is 0.474. The van der Waals surface area contributed by atoms with E-state index in [0.29, 0.717) is 42.4 Å². The van der Waals surface area contributed by atoms with Gasteiger partial charge in [-0.05, 0) is 23.5 Å². The number of para-hydroxylation sites is 2. The van der Waals surface area contributed by atoms with E-state index in [1.165, 1.54) is 6.21 Å². The van der Waals surface area contributed by atoms with Gasteiger partial charge in [0.05, 0.1) is 12.2 Å². The van der Waals surface area contributed by atoms with Crippen LogP contribution in [0.3, 0.4) is 0 Å². The van der Waals surface area contributed by atoms with Crippen LogP contribution in [0.2, 0.25) is 0 Å². The van der Waals surface area contributed by atoms with Crippen LogP contribution in [0.1, 0.15) is 40.5 Å². The fourth-order valence-corrected chi connectivity index (χ4v) is 2.52. The Balaban J connectivity index is 2.22. The van der Waals surface area contributed by atoms with Crippen molar-refractivity contribution in [3.05, 3.63) is 35.6 Å². The van der Waals surface area contributed by atoms with Crippen molar-refractivity contribution in [1.29, 1.82) is 0 Å². The second kappa shape index (κ2) is 6.99. The number of rotatable bonds is 5. The summed E-state index contributed by atoms with van der Waals surface area (Å²) in [5, 5.41) is 10.1. The molecule has 1 N–H and O–H groups in total. The molecule has 1 aromatic carbocycles. The molecule has 0 amide bonds. The fourth-order valence-electron chi connectivity index (χ4n) is 2.52. The predicted octanol–water partition coefficient (Wildman–Crippen LogP) is 4.62. The van der Waals surface area contributed by atoms with Gasteiger partial charge in [-0.3, -0.25) is 9.79 Å². The van der Waals surface area contributed by atoms with Gasteiger partial charge in [0.15, 0.2) is 5.78 Å². The molecule has 0 heterocycles. The van der Waals surface area contributed by atoms with E-state index < -0.39 is 0 Å². The molecule has 0 aromatic heterocycles. The van der Waals surface area contributed by atoms with Crippen molar-refractivity contribution in [3.63, 3.8) is 0 Å². The molecule has 1 aliphatic carbocycles. The third-order valence-corrected chi connectivity index (χ3v) is 3.67. The number of aliphatic imine (C=N–C) groups is 1. The van der Waals surface area contributed by atoms with Gasteiger partial charge in [-0.15, -0.1) is 0 Å². The van der Waals surface area contributed by atoms with E-state index >= 15 is 0 Å². The average Bonchev–Trinajstić information content (AvgIpc) is 2.44. The normalized spacial score (nSPS) is 18.0. The highest BCUT2D eigenvalue weighted by atomic mass is 16.5. The van der Waals surface area contributed by atoms with Crippen LogP contribution in [0.4, 0.5) is 5.69 Å². The molecule has 0 bridgehead atoms. The molecule has 1 aromatic rings. The smallest absolute Gasteiger partial charge is 0.168 e. The lowest BCUT2D eigenvalue weighted by molar-refractivity contribution is -0.117. The zero-order valence-electron chi connectivity index (χ0n) is 14.3. The maximum Gasteiger partial charge on any atom is 0.168 e. The number of ether oxygens (including phenoxy) is 1. The Hall–Kier alpha value is -2.10. The minimum Gasteiger partial charge on any atom is -0.511 e. The minimum absolute atomic E-state index is 0.0666. The molecular formula is C19H25NO3. The molecule has 0 saturated carbocycles. The van der Waals surface area contributed by atoms with E-state index in [1.54, 1.807) is 0 Å². The van der Waals surface area contributed by atoms with Gasteiger partial charge in [-0.2, -0.15) is 0 Å². The number of hydrogen-bond donors (Lipinski definition) is 1. The second-order valence-corrected chi connectivity index (χ2v) is 7.23. The number of ketones is 1. The number of benzene rings is 1. The number of carbonyl (C=O) groups excluding carboxylic acids is 1. The second-order valence-electron chi connectivity index (χ2n) is 7.23. The lowest BCUT2D eigenvalue weighted by Crippen LogP contribution is -2.26. The zero-order valence-corrected chi connectivity index (χ0v) is 14.3. The first-order valence-electron chi connectivity index (χ1n) is 8.00. The van der Waals surface area contributed by atoms with Crippen LogP contribution in [0.25, 0.3) is 0 Å². The van der Waals surface area contributed by atoms with E-state index in [1.807, 2.05) is 38.1 Å². The molecule has 124 valence electrons. The molecule has 0 radical (unpaired) electrons. The summed E-state index contributed by atoms with van der Waals surface area (Å²) in [5.74, 6) is 1.15. The summed E-state index contributed by atoms with van der Waals surface area (Å²) in [5.41, 5.74) is 0.769. The van der Waals surface area contributed by atoms with Gasteiger partial charge in [0.1, 0.15) is 17.2 Å². The standard InChI is InChI=1S/C19H25NO3/c1-13(2)12-23-18-8-6-5-7-15(18)20-11-14-16(21)9-19(3,4)10-17(14)22/h5-8,11,13,21H,9-10,12H2,1-4H3. The number of aliphatic hydroxyl groups excluding tert-OH is 1. The molecular weight excluding hydrogens is 290 g/mol. The van der Waals surface area contributed by atoms with E-state index in [0.717, 1.165) is 0 Å². The Labute approximate surface area is 137 Å². The highest BCUT2D eigenvalue weighted by Gasteiger charge is 2.32. The molecule has 23 heavy (non-hydrogen) atoms. The predicted molar refractivity (Wildman–Crippen MR) is 92.6 cm³/mol. The lowest BCUT2D eigenvalue weighted by Gasteiger charge is -2.28. The molecule has 0 spiro atoms. The van der Waals surface area contributed by atoms with E-state index in [2.05, 4.69) is 18.8 Å². The van der Waals surface area contributed by atoms with Crippen molar-refractivity contribution in [3.8, 4) is 5.75 Å². The Morgan fingerprint density at radius 2 is 2.00 bits per heavy atom. The van der Waals surface area contributed by atoms with Crippen LogP contribution in [0.5, 0.6) is 5.75 Å². The summed E-state index contributed by atoms with van der Waals surface area (Å²) in [7, 11) is 0. The topological polar surface area (TPSA) is 58.9 Å². The van der Waals surface area contributed by atoms with Gasteiger partial charge in [0, 0.05) is 19.1 Å². The van der Waals surface area contributed by atoms with E-state index in [4.69, 9.17) is 4.74 Å². The van der Waals surface area contributed by atoms with Gasteiger partial charge in [0.25, 0.3) is 0 Å². The first-order chi connectivity index (χ1) is 10.8. The number of nitrogens with zero attached hydrogens (tertiary/aromatic N) is 1. The van der Waals surface area contributed by atoms with Crippen LogP contribution >= 0.6 is 0 Å². The van der Waals surface area contributed by atoms with Crippen LogP contribution < -0.4 is 4.74 Å². The van der Waals surface area contributed by atoms with Crippen molar-refractivity contribution in [2.75, 3.05) is 6.61 Å². The van der Waals surface area contributed by atoms with Gasteiger partial charge in [-0.25, -0.2) is 0 Å². The highest BCUT2D eigenvalue weighted by molar-refractivity contribution is 6.15. The largest absolute Gasteiger partial charge is 0.511 e. The summed E-state index contributed by atoms with van der Waals surface area (Å²) in [6.07, 6.45) is 2.37. The molecule has 0 unspecified atom stereocenters. The Kier molecular flexibility index (Phi) is 5.24. The molecule has 0 fully saturated rings. The van der Waals surface area contributed by atoms with Crippen LogP contribution in [-0.4, -0.2) is 23.7 Å². The molecule has 0 atom stereocenters. The Morgan fingerprint density at radius 3 is 2.65 bits per heavy atom. The molecule has 4 nitrogen and oxygen atoms in total. The molecule has 0 saturated heterocycles. The number of hydrogen-bond acceptors (Lipinski definition) is 4. The van der Waals surface area contributed by atoms with Crippen molar-refractivity contribution in [1.82, 2.24) is 0 Å². The number of Topliss-reactive ketones (excluding diaryl/α,β-unsaturated/α-hetero) is 1. The Morgan fingerprint density at radius 1 is 1.30 bits per heavy atom. The monoisotopic (exact) mass is 315 g/mol. The third kappa shape index (κ3) is 4.68. The van der Waals surface area contributed by atoms with Crippen LogP contribution in [0.15, 0.2) is 40.6 Å². The average molecular weight is 315 g/mol. The van der Waals surface area contributed by atoms with Crippen molar-refractivity contribution < 1.29 is 14.6 Å². The van der Waals surface area contributed by atoms with Crippen molar-refractivity contribution >= 4 is 17.7 Å². The van der Waals surface area contributed by atoms with Crippen molar-refractivity contribution in [2.24, 2.45) is 16.3 Å². The zero-order chi connectivity index (χ0) is 17.0. The summed E-state index contributed by atoms with van der Waals surface area (Å²) in [6, 6.07) is 7.45. The highest BCUT2D eigenvalue weighted by Crippen LogP contribution is 2.35. The summed E-state index contributed by atoms with van der Waals surface area (Å²) >= 11 is 0. The number of aliphatic hydroxyl groups is 1. The SMILES string of the molecule is CC(C)COc1ccccc1N=CC1=C(O)CC(C)(C)CC1=O. The van der Waals surface area contributed by atoms with Crippen LogP contribution in [-0.2, 0) is 4.79 Å². The third-order valence-electron chi connectivity index (χ3n) is 3.67. The quantitative estimate of drug-likeness (QED) is 0.806.